The van der Waals surface area contributed by atoms with Crippen molar-refractivity contribution in [3.63, 3.8) is 0 Å². The van der Waals surface area contributed by atoms with E-state index in [1.807, 2.05) is 39.8 Å². The van der Waals surface area contributed by atoms with Crippen molar-refractivity contribution in [1.82, 2.24) is 38.7 Å². The summed E-state index contributed by atoms with van der Waals surface area (Å²) in [7, 11) is 3.04. The Bertz CT molecular complexity index is 2810. The van der Waals surface area contributed by atoms with Gasteiger partial charge in [0.2, 0.25) is 23.7 Å². The summed E-state index contributed by atoms with van der Waals surface area (Å²) in [6, 6.07) is 8.04. The van der Waals surface area contributed by atoms with Crippen LogP contribution >= 0.6 is 0 Å². The standard InChI is InChI=1S/C45H57N13O7/c1-9-13-14-17-35(59)54(7)30-25-31-37(39(65-20-10-2)36(30)41(47)61)49-45(51-43(63)33-22-27(6)53-58(33)12-4)55(31)18-15-16-19-56-38-29(23-28(40(46)60)24-34(38)64-8)48-44(56)50-42(62)32-21-26(5)52-57(32)11-3/h15-16,21-25H,9-14,17-20H2,1-8H3,(H2,46,60)(H2,47,61)(H,48,50,62)(H,49,51,63). The Labute approximate surface area is 375 Å². The molecule has 0 fully saturated rings. The first-order chi connectivity index (χ1) is 31.1. The molecule has 20 heteroatoms. The minimum Gasteiger partial charge on any atom is -0.494 e. The molecule has 0 bridgehead atoms. The van der Waals surface area contributed by atoms with Crippen LogP contribution in [0.25, 0.3) is 22.1 Å². The average molecular weight is 892 g/mol. The Morgan fingerprint density at radius 2 is 1.37 bits per heavy atom. The number of nitrogens with one attached hydrogen (secondary N) is 2. The number of carbonyl (C=O) groups is 5. The van der Waals surface area contributed by atoms with E-state index in [1.165, 1.54) is 24.1 Å². The zero-order chi connectivity index (χ0) is 47.1. The van der Waals surface area contributed by atoms with Crippen molar-refractivity contribution in [3.8, 4) is 11.5 Å². The number of allylic oxidation sites excluding steroid dienone is 2. The van der Waals surface area contributed by atoms with Crippen LogP contribution in [-0.2, 0) is 31.0 Å². The monoisotopic (exact) mass is 891 g/mol. The van der Waals surface area contributed by atoms with Gasteiger partial charge >= 0.3 is 0 Å². The van der Waals surface area contributed by atoms with E-state index in [0.29, 0.717) is 71.0 Å². The van der Waals surface area contributed by atoms with Crippen LogP contribution in [0.15, 0.2) is 42.5 Å². The third kappa shape index (κ3) is 9.85. The van der Waals surface area contributed by atoms with Gasteiger partial charge in [-0.25, -0.2) is 9.97 Å². The molecular formula is C45H57N13O7. The lowest BCUT2D eigenvalue weighted by atomic mass is 10.1. The van der Waals surface area contributed by atoms with E-state index in [1.54, 1.807) is 57.6 Å². The van der Waals surface area contributed by atoms with Crippen LogP contribution in [0.3, 0.4) is 0 Å². The molecule has 0 radical (unpaired) electrons. The SMILES string of the molecule is CCCCCC(=O)N(C)c1cc2c(nc(NC(=O)c3cc(C)nn3CC)n2CC=CCn2c(NC(=O)c3cc(C)nn3CC)nc3cc(C(N)=O)cc(OC)c32)c(OCCC)c1C(N)=O. The first-order valence-electron chi connectivity index (χ1n) is 21.7. The predicted octanol–water partition coefficient (Wildman–Crippen LogP) is 5.73. The van der Waals surface area contributed by atoms with Crippen LogP contribution in [-0.4, -0.2) is 89.0 Å². The lowest BCUT2D eigenvalue weighted by molar-refractivity contribution is -0.118. The molecule has 0 aliphatic carbocycles. The fourth-order valence-corrected chi connectivity index (χ4v) is 7.60. The number of nitrogens with zero attached hydrogens (tertiary/aromatic N) is 9. The number of hydrogen-bond donors (Lipinski definition) is 4. The highest BCUT2D eigenvalue weighted by Gasteiger charge is 2.29. The summed E-state index contributed by atoms with van der Waals surface area (Å²) in [6.45, 7) is 12.6. The maximum Gasteiger partial charge on any atom is 0.276 e. The number of nitrogens with two attached hydrogens (primary N) is 2. The molecule has 0 unspecified atom stereocenters. The number of aromatic nitrogens is 8. The third-order valence-electron chi connectivity index (χ3n) is 10.8. The number of primary amides is 2. The van der Waals surface area contributed by atoms with Gasteiger partial charge in [0.25, 0.3) is 17.7 Å². The highest BCUT2D eigenvalue weighted by molar-refractivity contribution is 6.12. The van der Waals surface area contributed by atoms with Gasteiger partial charge in [0.15, 0.2) is 5.75 Å². The maximum atomic E-state index is 14.0. The van der Waals surface area contributed by atoms with Gasteiger partial charge in [0.05, 0.1) is 41.8 Å². The molecule has 6 rings (SSSR count). The molecule has 0 atom stereocenters. The Kier molecular flexibility index (Phi) is 14.7. The fraction of sp³-hybridized carbons (Fsp3) is 0.400. The Balaban J connectivity index is 1.48. The van der Waals surface area contributed by atoms with Crippen molar-refractivity contribution in [2.24, 2.45) is 11.5 Å². The number of amides is 5. The molecule has 5 amide bonds. The van der Waals surface area contributed by atoms with E-state index >= 15 is 0 Å². The number of rotatable bonds is 21. The largest absolute Gasteiger partial charge is 0.494 e. The first-order valence-corrected chi connectivity index (χ1v) is 21.7. The number of hydrogen-bond acceptors (Lipinski definition) is 11. The van der Waals surface area contributed by atoms with E-state index in [9.17, 15) is 24.0 Å². The molecule has 6 aromatic rings. The van der Waals surface area contributed by atoms with Gasteiger partial charge in [-0.2, -0.15) is 10.2 Å². The lowest BCUT2D eigenvalue weighted by Gasteiger charge is -2.22. The predicted molar refractivity (Wildman–Crippen MR) is 247 cm³/mol. The Morgan fingerprint density at radius 3 is 1.91 bits per heavy atom. The van der Waals surface area contributed by atoms with Gasteiger partial charge in [0, 0.05) is 45.2 Å². The number of imidazole rings is 2. The zero-order valence-corrected chi connectivity index (χ0v) is 38.1. The fourth-order valence-electron chi connectivity index (χ4n) is 7.60. The van der Waals surface area contributed by atoms with E-state index in [4.69, 9.17) is 30.9 Å². The molecule has 0 saturated heterocycles. The van der Waals surface area contributed by atoms with Gasteiger partial charge in [-0.3, -0.25) is 44.0 Å². The topological polar surface area (TPSA) is 254 Å². The van der Waals surface area contributed by atoms with Crippen molar-refractivity contribution >= 4 is 69.2 Å². The van der Waals surface area contributed by atoms with Crippen LogP contribution in [0.1, 0.15) is 113 Å². The molecule has 65 heavy (non-hydrogen) atoms. The Morgan fingerprint density at radius 1 is 0.769 bits per heavy atom. The second kappa shape index (κ2) is 20.3. The van der Waals surface area contributed by atoms with Gasteiger partial charge < -0.3 is 35.0 Å². The van der Waals surface area contributed by atoms with E-state index < -0.39 is 23.6 Å². The third-order valence-corrected chi connectivity index (χ3v) is 10.8. The summed E-state index contributed by atoms with van der Waals surface area (Å²) in [5, 5.41) is 14.7. The molecule has 344 valence electrons. The van der Waals surface area contributed by atoms with Crippen LogP contribution in [0, 0.1) is 13.8 Å². The lowest BCUT2D eigenvalue weighted by Crippen LogP contribution is -2.29. The molecule has 6 N–H and O–H groups in total. The number of fused-ring (bicyclic) bond motifs is 2. The second-order valence-corrected chi connectivity index (χ2v) is 15.4. The Hall–Kier alpha value is -7.51. The molecule has 2 aromatic carbocycles. The highest BCUT2D eigenvalue weighted by Crippen LogP contribution is 2.39. The summed E-state index contributed by atoms with van der Waals surface area (Å²) in [5.74, 6) is -1.98. The van der Waals surface area contributed by atoms with Crippen molar-refractivity contribution in [1.29, 1.82) is 0 Å². The molecule has 20 nitrogen and oxygen atoms in total. The van der Waals surface area contributed by atoms with E-state index in [-0.39, 0.29) is 72.0 Å². The van der Waals surface area contributed by atoms with Crippen molar-refractivity contribution in [3.05, 3.63) is 76.4 Å². The molecule has 0 saturated carbocycles. The number of benzene rings is 2. The van der Waals surface area contributed by atoms with Crippen LogP contribution in [0.4, 0.5) is 17.6 Å². The molecule has 0 spiro atoms. The number of methoxy groups -OCH3 is 1. The number of ether oxygens (including phenoxy) is 2. The smallest absolute Gasteiger partial charge is 0.276 e. The molecular weight excluding hydrogens is 835 g/mol. The summed E-state index contributed by atoms with van der Waals surface area (Å²) in [4.78, 5) is 77.8. The van der Waals surface area contributed by atoms with Crippen molar-refractivity contribution in [2.75, 3.05) is 36.3 Å². The summed E-state index contributed by atoms with van der Waals surface area (Å²) in [5.41, 5.74) is 15.6. The van der Waals surface area contributed by atoms with Gasteiger partial charge in [-0.05, 0) is 70.9 Å². The summed E-state index contributed by atoms with van der Waals surface area (Å²) in [6.07, 6.45) is 6.93. The normalized spacial score (nSPS) is 11.4. The number of anilines is 3. The average Bonchev–Trinajstić information content (AvgIpc) is 4.05. The minimum atomic E-state index is -0.813. The van der Waals surface area contributed by atoms with Crippen LogP contribution < -0.4 is 36.5 Å². The van der Waals surface area contributed by atoms with Crippen molar-refractivity contribution < 1.29 is 33.4 Å². The molecule has 4 heterocycles. The van der Waals surface area contributed by atoms with Crippen molar-refractivity contribution in [2.45, 2.75) is 99.8 Å². The van der Waals surface area contributed by atoms with Gasteiger partial charge in [0.1, 0.15) is 33.7 Å². The van der Waals surface area contributed by atoms with Gasteiger partial charge in [-0.15, -0.1) is 0 Å². The minimum absolute atomic E-state index is 0.0119. The van der Waals surface area contributed by atoms with Gasteiger partial charge in [-0.1, -0.05) is 38.8 Å². The number of aryl methyl sites for hydroxylation is 4. The molecule has 0 aliphatic rings. The molecule has 0 aliphatic heterocycles. The van der Waals surface area contributed by atoms with E-state index in [2.05, 4.69) is 20.8 Å². The van der Waals surface area contributed by atoms with E-state index in [0.717, 1.165) is 12.8 Å². The first kappa shape index (κ1) is 47.0. The number of carbonyl (C=O) groups excluding carboxylic acids is 5. The highest BCUT2D eigenvalue weighted by atomic mass is 16.5. The quantitative estimate of drug-likeness (QED) is 0.0501. The van der Waals surface area contributed by atoms with Crippen LogP contribution in [0.5, 0.6) is 11.5 Å². The van der Waals surface area contributed by atoms with Crippen LogP contribution in [0.2, 0.25) is 0 Å². The number of unbranched alkanes of at least 4 members (excludes halogenated alkanes) is 2. The zero-order valence-electron chi connectivity index (χ0n) is 38.1. The summed E-state index contributed by atoms with van der Waals surface area (Å²) < 4.78 is 18.6. The molecule has 4 aromatic heterocycles. The summed E-state index contributed by atoms with van der Waals surface area (Å²) >= 11 is 0. The second-order valence-electron chi connectivity index (χ2n) is 15.4. The maximum absolute atomic E-state index is 14.0.